The molecular formula is C15H11NO2S. The Morgan fingerprint density at radius 2 is 2.11 bits per heavy atom. The van der Waals surface area contributed by atoms with Crippen molar-refractivity contribution in [1.82, 2.24) is 4.98 Å². The number of thiazole rings is 1. The van der Waals surface area contributed by atoms with Gasteiger partial charge in [-0.05, 0) is 25.0 Å². The van der Waals surface area contributed by atoms with Crippen molar-refractivity contribution in [3.63, 3.8) is 0 Å². The lowest BCUT2D eigenvalue weighted by Gasteiger charge is -2.06. The Kier molecular flexibility index (Phi) is 2.32. The minimum atomic E-state index is 0.223. The lowest BCUT2D eigenvalue weighted by molar-refractivity contribution is 0.0976. The molecule has 0 atom stereocenters. The molecule has 0 unspecified atom stereocenters. The van der Waals surface area contributed by atoms with Crippen LogP contribution < -0.4 is 0 Å². The van der Waals surface area contributed by atoms with Gasteiger partial charge >= 0.3 is 0 Å². The van der Waals surface area contributed by atoms with Crippen LogP contribution >= 0.6 is 11.3 Å². The molecule has 4 rings (SSSR count). The monoisotopic (exact) mass is 269 g/mol. The first-order valence-corrected chi connectivity index (χ1v) is 7.15. The first-order valence-electron chi connectivity index (χ1n) is 6.33. The van der Waals surface area contributed by atoms with Crippen LogP contribution in [0.4, 0.5) is 0 Å². The van der Waals surface area contributed by atoms with Crippen molar-refractivity contribution in [1.29, 1.82) is 0 Å². The summed E-state index contributed by atoms with van der Waals surface area (Å²) in [6, 6.07) is 9.88. The summed E-state index contributed by atoms with van der Waals surface area (Å²) in [7, 11) is 0. The molecule has 0 aliphatic heterocycles. The van der Waals surface area contributed by atoms with Crippen molar-refractivity contribution in [3.05, 3.63) is 40.9 Å². The second-order valence-corrected chi connectivity index (χ2v) is 5.72. The molecule has 0 amide bonds. The van der Waals surface area contributed by atoms with Crippen LogP contribution in [0.25, 0.3) is 21.7 Å². The van der Waals surface area contributed by atoms with E-state index in [-0.39, 0.29) is 5.78 Å². The van der Waals surface area contributed by atoms with Crippen LogP contribution in [-0.4, -0.2) is 10.8 Å². The van der Waals surface area contributed by atoms with Gasteiger partial charge in [-0.3, -0.25) is 4.79 Å². The molecule has 2 aromatic heterocycles. The van der Waals surface area contributed by atoms with E-state index in [9.17, 15) is 4.79 Å². The van der Waals surface area contributed by atoms with E-state index in [4.69, 9.17) is 4.42 Å². The van der Waals surface area contributed by atoms with E-state index in [1.54, 1.807) is 0 Å². The molecule has 0 saturated carbocycles. The van der Waals surface area contributed by atoms with E-state index >= 15 is 0 Å². The predicted octanol–water partition coefficient (Wildman–Crippen LogP) is 4.08. The largest absolute Gasteiger partial charge is 0.454 e. The van der Waals surface area contributed by atoms with Gasteiger partial charge in [-0.2, -0.15) is 0 Å². The van der Waals surface area contributed by atoms with Crippen LogP contribution in [0.1, 0.15) is 28.2 Å². The third-order valence-corrected chi connectivity index (χ3v) is 4.56. The van der Waals surface area contributed by atoms with E-state index in [0.29, 0.717) is 6.42 Å². The molecule has 0 radical (unpaired) electrons. The van der Waals surface area contributed by atoms with Crippen molar-refractivity contribution in [2.75, 3.05) is 0 Å². The topological polar surface area (TPSA) is 43.1 Å². The summed E-state index contributed by atoms with van der Waals surface area (Å²) in [6.07, 6.45) is 2.46. The summed E-state index contributed by atoms with van der Waals surface area (Å²) in [5, 5.41) is 1.88. The standard InChI is InChI=1S/C15H11NO2S/c17-11-6-3-5-10-14(11)19-15(16-10)13-8-9-4-1-2-7-12(9)18-13/h1-2,4,7-8H,3,5-6H2. The number of furan rings is 1. The van der Waals surface area contributed by atoms with Gasteiger partial charge in [0.15, 0.2) is 16.6 Å². The van der Waals surface area contributed by atoms with Crippen molar-refractivity contribution < 1.29 is 9.21 Å². The zero-order chi connectivity index (χ0) is 12.8. The maximum absolute atomic E-state index is 11.8. The van der Waals surface area contributed by atoms with Crippen LogP contribution in [0, 0.1) is 0 Å². The molecule has 2 heterocycles. The molecule has 0 bridgehead atoms. The normalized spacial score (nSPS) is 14.8. The van der Waals surface area contributed by atoms with Gasteiger partial charge in [-0.15, -0.1) is 11.3 Å². The molecular weight excluding hydrogens is 258 g/mol. The Balaban J connectivity index is 1.86. The first-order chi connectivity index (χ1) is 9.31. The molecule has 1 aliphatic rings. The first kappa shape index (κ1) is 10.9. The Hall–Kier alpha value is -1.94. The number of aromatic nitrogens is 1. The molecule has 4 heteroatoms. The number of benzene rings is 1. The van der Waals surface area contributed by atoms with E-state index in [1.165, 1.54) is 11.3 Å². The summed E-state index contributed by atoms with van der Waals surface area (Å²) < 4.78 is 5.80. The van der Waals surface area contributed by atoms with Crippen molar-refractivity contribution in [2.45, 2.75) is 19.3 Å². The van der Waals surface area contributed by atoms with Gasteiger partial charge in [0, 0.05) is 11.8 Å². The Morgan fingerprint density at radius 3 is 2.95 bits per heavy atom. The van der Waals surface area contributed by atoms with E-state index in [1.807, 2.05) is 30.3 Å². The zero-order valence-corrected chi connectivity index (χ0v) is 11.0. The van der Waals surface area contributed by atoms with Gasteiger partial charge < -0.3 is 4.42 Å². The van der Waals surface area contributed by atoms with Gasteiger partial charge in [0.25, 0.3) is 0 Å². The smallest absolute Gasteiger partial charge is 0.174 e. The van der Waals surface area contributed by atoms with Crippen LogP contribution in [0.2, 0.25) is 0 Å². The van der Waals surface area contributed by atoms with Gasteiger partial charge in [-0.25, -0.2) is 4.98 Å². The molecule has 0 N–H and O–H groups in total. The van der Waals surface area contributed by atoms with Gasteiger partial charge in [0.2, 0.25) is 0 Å². The number of rotatable bonds is 1. The number of para-hydroxylation sites is 1. The quantitative estimate of drug-likeness (QED) is 0.668. The molecule has 1 aromatic carbocycles. The highest BCUT2D eigenvalue weighted by Gasteiger charge is 2.23. The highest BCUT2D eigenvalue weighted by atomic mass is 32.1. The zero-order valence-electron chi connectivity index (χ0n) is 10.2. The summed E-state index contributed by atoms with van der Waals surface area (Å²) in [5.41, 5.74) is 1.80. The summed E-state index contributed by atoms with van der Waals surface area (Å²) in [5.74, 6) is 0.981. The van der Waals surface area contributed by atoms with Crippen molar-refractivity contribution in [3.8, 4) is 10.8 Å². The second-order valence-electron chi connectivity index (χ2n) is 4.72. The molecule has 1 aliphatic carbocycles. The molecule has 0 saturated heterocycles. The highest BCUT2D eigenvalue weighted by molar-refractivity contribution is 7.17. The lowest BCUT2D eigenvalue weighted by Crippen LogP contribution is -2.07. The number of hydrogen-bond acceptors (Lipinski definition) is 4. The van der Waals surface area contributed by atoms with Crippen molar-refractivity contribution >= 4 is 28.1 Å². The lowest BCUT2D eigenvalue weighted by atomic mass is 10.0. The molecule has 3 nitrogen and oxygen atoms in total. The number of aryl methyl sites for hydroxylation is 1. The fourth-order valence-electron chi connectivity index (χ4n) is 2.46. The van der Waals surface area contributed by atoms with E-state index < -0.39 is 0 Å². The summed E-state index contributed by atoms with van der Waals surface area (Å²) in [4.78, 5) is 17.2. The molecule has 0 fully saturated rings. The fourth-order valence-corrected chi connectivity index (χ4v) is 3.49. The maximum Gasteiger partial charge on any atom is 0.174 e. The minimum Gasteiger partial charge on any atom is -0.454 e. The molecule has 19 heavy (non-hydrogen) atoms. The maximum atomic E-state index is 11.8. The van der Waals surface area contributed by atoms with Crippen LogP contribution in [0.15, 0.2) is 34.7 Å². The average Bonchev–Trinajstić information content (AvgIpc) is 3.02. The molecule has 0 spiro atoms. The van der Waals surface area contributed by atoms with Gasteiger partial charge in [0.1, 0.15) is 5.58 Å². The third-order valence-electron chi connectivity index (χ3n) is 3.40. The second kappa shape index (κ2) is 4.03. The van der Waals surface area contributed by atoms with Gasteiger partial charge in [0.05, 0.1) is 10.6 Å². The number of carbonyl (C=O) groups is 1. The Bertz CT molecular complexity index is 751. The number of carbonyl (C=O) groups excluding carboxylic acids is 1. The minimum absolute atomic E-state index is 0.223. The Morgan fingerprint density at radius 1 is 1.21 bits per heavy atom. The van der Waals surface area contributed by atoms with Crippen LogP contribution in [0.5, 0.6) is 0 Å². The number of ketones is 1. The highest BCUT2D eigenvalue weighted by Crippen LogP contribution is 2.35. The fraction of sp³-hybridized carbons (Fsp3) is 0.200. The van der Waals surface area contributed by atoms with Crippen LogP contribution in [-0.2, 0) is 6.42 Å². The van der Waals surface area contributed by atoms with Crippen LogP contribution in [0.3, 0.4) is 0 Å². The average molecular weight is 269 g/mol. The number of hydrogen-bond donors (Lipinski definition) is 0. The van der Waals surface area contributed by atoms with Gasteiger partial charge in [-0.1, -0.05) is 18.2 Å². The SMILES string of the molecule is O=C1CCCc2nc(-c3cc4ccccc4o3)sc21. The summed E-state index contributed by atoms with van der Waals surface area (Å²) in [6.45, 7) is 0. The number of fused-ring (bicyclic) bond motifs is 2. The predicted molar refractivity (Wildman–Crippen MR) is 74.6 cm³/mol. The van der Waals surface area contributed by atoms with E-state index in [0.717, 1.165) is 45.1 Å². The Labute approximate surface area is 113 Å². The third kappa shape index (κ3) is 1.71. The molecule has 94 valence electrons. The number of Topliss-reactive ketones (excluding diaryl/α,β-unsaturated/α-hetero) is 1. The van der Waals surface area contributed by atoms with Crippen molar-refractivity contribution in [2.24, 2.45) is 0 Å². The summed E-state index contributed by atoms with van der Waals surface area (Å²) >= 11 is 1.46. The number of nitrogens with zero attached hydrogens (tertiary/aromatic N) is 1. The van der Waals surface area contributed by atoms with E-state index in [2.05, 4.69) is 4.98 Å². The molecule has 3 aromatic rings.